The van der Waals surface area contributed by atoms with E-state index in [1.54, 1.807) is 6.20 Å². The highest BCUT2D eigenvalue weighted by atomic mass is 16.5. The van der Waals surface area contributed by atoms with Crippen LogP contribution in [0.1, 0.15) is 48.7 Å². The second kappa shape index (κ2) is 10.4. The predicted molar refractivity (Wildman–Crippen MR) is 117 cm³/mol. The minimum atomic E-state index is -0.123. The molecule has 3 aliphatic rings. The monoisotopic (exact) mass is 430 g/mol. The van der Waals surface area contributed by atoms with E-state index in [9.17, 15) is 9.59 Å². The summed E-state index contributed by atoms with van der Waals surface area (Å²) in [5, 5.41) is 3.04. The van der Waals surface area contributed by atoms with Crippen molar-refractivity contribution in [3.8, 4) is 0 Å². The van der Waals surface area contributed by atoms with Crippen molar-refractivity contribution >= 4 is 17.8 Å². The number of morpholine rings is 1. The van der Waals surface area contributed by atoms with Crippen molar-refractivity contribution < 1.29 is 14.3 Å². The molecule has 9 nitrogen and oxygen atoms in total. The smallest absolute Gasteiger partial charge is 0.257 e. The molecule has 0 aromatic carbocycles. The molecule has 0 aliphatic carbocycles. The van der Waals surface area contributed by atoms with Gasteiger partial charge in [0.05, 0.1) is 30.5 Å². The van der Waals surface area contributed by atoms with Crippen LogP contribution in [-0.4, -0.2) is 96.7 Å². The zero-order chi connectivity index (χ0) is 21.6. The minimum Gasteiger partial charge on any atom is -0.378 e. The maximum atomic E-state index is 13.1. The normalized spacial score (nSPS) is 20.8. The Balaban J connectivity index is 1.44. The number of anilines is 1. The van der Waals surface area contributed by atoms with Crippen LogP contribution in [0.4, 0.5) is 5.95 Å². The van der Waals surface area contributed by atoms with Crippen LogP contribution < -0.4 is 10.2 Å². The fourth-order valence-corrected chi connectivity index (χ4v) is 4.53. The molecule has 1 N–H and O–H groups in total. The van der Waals surface area contributed by atoms with Crippen molar-refractivity contribution in [1.29, 1.82) is 0 Å². The summed E-state index contributed by atoms with van der Waals surface area (Å²) >= 11 is 0. The van der Waals surface area contributed by atoms with Gasteiger partial charge in [0, 0.05) is 45.3 Å². The number of aromatic nitrogens is 2. The van der Waals surface area contributed by atoms with Crippen molar-refractivity contribution in [2.75, 3.05) is 63.9 Å². The number of amides is 2. The standard InChI is InChI=1S/C22H34N6O3/c1-17(26-8-2-3-9-26)20(29)23-7-6-19-18(21(30)27-10-4-5-11-27)16-24-22(25-19)28-12-14-31-15-13-28/h16-17H,2-15H2,1H3,(H,23,29)/t17-/m0/s1. The van der Waals surface area contributed by atoms with E-state index in [1.165, 1.54) is 0 Å². The van der Waals surface area contributed by atoms with Crippen molar-refractivity contribution in [3.05, 3.63) is 17.5 Å². The zero-order valence-electron chi connectivity index (χ0n) is 18.5. The highest BCUT2D eigenvalue weighted by Gasteiger charge is 2.26. The van der Waals surface area contributed by atoms with Gasteiger partial charge in [-0.1, -0.05) is 0 Å². The lowest BCUT2D eigenvalue weighted by Gasteiger charge is -2.27. The lowest BCUT2D eigenvalue weighted by Crippen LogP contribution is -2.44. The highest BCUT2D eigenvalue weighted by molar-refractivity contribution is 5.95. The number of nitrogens with zero attached hydrogens (tertiary/aromatic N) is 5. The second-order valence-corrected chi connectivity index (χ2v) is 8.59. The average Bonchev–Trinajstić information content (AvgIpc) is 3.53. The molecule has 1 atom stereocenters. The molecule has 4 heterocycles. The molecular weight excluding hydrogens is 396 g/mol. The summed E-state index contributed by atoms with van der Waals surface area (Å²) in [4.78, 5) is 41.1. The number of hydrogen-bond donors (Lipinski definition) is 1. The summed E-state index contributed by atoms with van der Waals surface area (Å²) in [6.45, 7) is 8.74. The van der Waals surface area contributed by atoms with E-state index in [-0.39, 0.29) is 17.9 Å². The van der Waals surface area contributed by atoms with Crippen LogP contribution in [0.15, 0.2) is 6.20 Å². The third-order valence-corrected chi connectivity index (χ3v) is 6.50. The van der Waals surface area contributed by atoms with E-state index in [2.05, 4.69) is 20.1 Å². The largest absolute Gasteiger partial charge is 0.378 e. The van der Waals surface area contributed by atoms with Crippen molar-refractivity contribution in [2.24, 2.45) is 0 Å². The van der Waals surface area contributed by atoms with Crippen LogP contribution in [0.5, 0.6) is 0 Å². The first-order valence-electron chi connectivity index (χ1n) is 11.6. The van der Waals surface area contributed by atoms with E-state index in [1.807, 2.05) is 11.8 Å². The van der Waals surface area contributed by atoms with Crippen molar-refractivity contribution in [2.45, 2.75) is 45.1 Å². The first-order valence-corrected chi connectivity index (χ1v) is 11.6. The van der Waals surface area contributed by atoms with Gasteiger partial charge in [-0.3, -0.25) is 14.5 Å². The Morgan fingerprint density at radius 1 is 1.06 bits per heavy atom. The SMILES string of the molecule is C[C@@H](C(=O)NCCc1nc(N2CCOCC2)ncc1C(=O)N1CCCC1)N1CCCC1. The summed E-state index contributed by atoms with van der Waals surface area (Å²) < 4.78 is 5.43. The Morgan fingerprint density at radius 2 is 1.74 bits per heavy atom. The Bertz CT molecular complexity index is 771. The van der Waals surface area contributed by atoms with Crippen LogP contribution in [0, 0.1) is 0 Å². The third-order valence-electron chi connectivity index (χ3n) is 6.50. The number of hydrogen-bond acceptors (Lipinski definition) is 7. The Morgan fingerprint density at radius 3 is 2.45 bits per heavy atom. The van der Waals surface area contributed by atoms with E-state index in [4.69, 9.17) is 9.72 Å². The number of carbonyl (C=O) groups excluding carboxylic acids is 2. The van der Waals surface area contributed by atoms with Crippen molar-refractivity contribution in [1.82, 2.24) is 25.1 Å². The molecule has 0 radical (unpaired) electrons. The molecule has 3 saturated heterocycles. The molecule has 0 bridgehead atoms. The quantitative estimate of drug-likeness (QED) is 0.681. The van der Waals surface area contributed by atoms with Gasteiger partial charge in [0.25, 0.3) is 5.91 Å². The number of likely N-dealkylation sites (tertiary alicyclic amines) is 2. The number of rotatable bonds is 7. The molecule has 0 saturated carbocycles. The number of carbonyl (C=O) groups is 2. The lowest BCUT2D eigenvalue weighted by atomic mass is 10.1. The predicted octanol–water partition coefficient (Wildman–Crippen LogP) is 0.692. The van der Waals surface area contributed by atoms with Crippen LogP contribution in [0.2, 0.25) is 0 Å². The van der Waals surface area contributed by atoms with E-state index >= 15 is 0 Å². The molecular formula is C22H34N6O3. The molecule has 1 aromatic rings. The first-order chi connectivity index (χ1) is 15.1. The first kappa shape index (κ1) is 22.0. The van der Waals surface area contributed by atoms with Crippen molar-refractivity contribution in [3.63, 3.8) is 0 Å². The maximum Gasteiger partial charge on any atom is 0.257 e. The van der Waals surface area contributed by atoms with Gasteiger partial charge < -0.3 is 19.9 Å². The molecule has 31 heavy (non-hydrogen) atoms. The number of ether oxygens (including phenoxy) is 1. The van der Waals surface area contributed by atoms with Gasteiger partial charge in [0.15, 0.2) is 0 Å². The molecule has 9 heteroatoms. The molecule has 170 valence electrons. The molecule has 0 spiro atoms. The molecule has 3 aliphatic heterocycles. The highest BCUT2D eigenvalue weighted by Crippen LogP contribution is 2.18. The van der Waals surface area contributed by atoms with Gasteiger partial charge in [-0.15, -0.1) is 0 Å². The van der Waals surface area contributed by atoms with Crippen LogP contribution in [0.3, 0.4) is 0 Å². The molecule has 1 aromatic heterocycles. The minimum absolute atomic E-state index is 0.00205. The molecule has 3 fully saturated rings. The molecule has 0 unspecified atom stereocenters. The topological polar surface area (TPSA) is 90.9 Å². The summed E-state index contributed by atoms with van der Waals surface area (Å²) in [7, 11) is 0. The Labute approximate surface area is 184 Å². The summed E-state index contributed by atoms with van der Waals surface area (Å²) in [6.07, 6.45) is 6.57. The Hall–Kier alpha value is -2.26. The Kier molecular flexibility index (Phi) is 7.34. The van der Waals surface area contributed by atoms with E-state index in [0.717, 1.165) is 65.0 Å². The van der Waals surface area contributed by atoms with Gasteiger partial charge in [-0.05, 0) is 45.7 Å². The van der Waals surface area contributed by atoms with E-state index in [0.29, 0.717) is 43.4 Å². The summed E-state index contributed by atoms with van der Waals surface area (Å²) in [5.74, 6) is 0.669. The molecule has 2 amide bonds. The van der Waals surface area contributed by atoms with Crippen LogP contribution in [0.25, 0.3) is 0 Å². The molecule has 4 rings (SSSR count). The zero-order valence-corrected chi connectivity index (χ0v) is 18.5. The van der Waals surface area contributed by atoms with E-state index < -0.39 is 0 Å². The third kappa shape index (κ3) is 5.33. The van der Waals surface area contributed by atoms with Crippen LogP contribution in [-0.2, 0) is 16.0 Å². The van der Waals surface area contributed by atoms with Gasteiger partial charge in [-0.25, -0.2) is 9.97 Å². The van der Waals surface area contributed by atoms with Gasteiger partial charge in [0.2, 0.25) is 11.9 Å². The fraction of sp³-hybridized carbons (Fsp3) is 0.727. The van der Waals surface area contributed by atoms with Gasteiger partial charge >= 0.3 is 0 Å². The van der Waals surface area contributed by atoms with Gasteiger partial charge in [0.1, 0.15) is 0 Å². The summed E-state index contributed by atoms with van der Waals surface area (Å²) in [6, 6.07) is -0.123. The van der Waals surface area contributed by atoms with Crippen LogP contribution >= 0.6 is 0 Å². The second-order valence-electron chi connectivity index (χ2n) is 8.59. The van der Waals surface area contributed by atoms with Gasteiger partial charge in [-0.2, -0.15) is 0 Å². The number of nitrogens with one attached hydrogen (secondary N) is 1. The lowest BCUT2D eigenvalue weighted by molar-refractivity contribution is -0.125. The maximum absolute atomic E-state index is 13.1. The average molecular weight is 431 g/mol. The fourth-order valence-electron chi connectivity index (χ4n) is 4.53. The summed E-state index contributed by atoms with van der Waals surface area (Å²) in [5.41, 5.74) is 1.27.